The van der Waals surface area contributed by atoms with Crippen LogP contribution in [0, 0.1) is 13.8 Å². The molecular weight excluding hydrogens is 412 g/mol. The van der Waals surface area contributed by atoms with Crippen LogP contribution in [0.2, 0.25) is 0 Å². The maximum absolute atomic E-state index is 12.5. The number of hydrogen-bond donors (Lipinski definition) is 0. The standard InChI is InChI=1S/C23H32N4O5/c1-15-8-9-19(27(15)23(28)30-12-11-29-5)13-16(2)31-21-17(3)22(26-14-25-21)32-20-7-6-10-24-18(20)4/h6-7,10,14-16,19H,8-9,11-13H2,1-5H3/t15?,16-,19?/m0/s1. The third-order valence-corrected chi connectivity index (χ3v) is 5.58. The van der Waals surface area contributed by atoms with E-state index in [1.54, 1.807) is 13.3 Å². The van der Waals surface area contributed by atoms with Gasteiger partial charge in [0, 0.05) is 31.8 Å². The molecule has 0 aromatic carbocycles. The quantitative estimate of drug-likeness (QED) is 0.534. The van der Waals surface area contributed by atoms with Crippen molar-refractivity contribution < 1.29 is 23.7 Å². The summed E-state index contributed by atoms with van der Waals surface area (Å²) in [4.78, 5) is 27.1. The summed E-state index contributed by atoms with van der Waals surface area (Å²) < 4.78 is 22.4. The monoisotopic (exact) mass is 444 g/mol. The molecule has 3 heterocycles. The van der Waals surface area contributed by atoms with Crippen molar-refractivity contribution in [1.82, 2.24) is 19.9 Å². The van der Waals surface area contributed by atoms with Gasteiger partial charge < -0.3 is 23.8 Å². The van der Waals surface area contributed by atoms with E-state index in [0.717, 1.165) is 18.5 Å². The van der Waals surface area contributed by atoms with E-state index in [-0.39, 0.29) is 30.9 Å². The number of carbonyl (C=O) groups excluding carboxylic acids is 1. The predicted molar refractivity (Wildman–Crippen MR) is 118 cm³/mol. The zero-order valence-corrected chi connectivity index (χ0v) is 19.4. The lowest BCUT2D eigenvalue weighted by molar-refractivity contribution is 0.0547. The fourth-order valence-corrected chi connectivity index (χ4v) is 3.86. The molecule has 0 saturated carbocycles. The highest BCUT2D eigenvalue weighted by Crippen LogP contribution is 2.31. The summed E-state index contributed by atoms with van der Waals surface area (Å²) in [7, 11) is 1.58. The van der Waals surface area contributed by atoms with Crippen LogP contribution in [0.25, 0.3) is 0 Å². The van der Waals surface area contributed by atoms with E-state index < -0.39 is 0 Å². The number of rotatable bonds is 9. The Kier molecular flexibility index (Phi) is 8.21. The van der Waals surface area contributed by atoms with E-state index in [9.17, 15) is 4.79 Å². The number of amides is 1. The number of ether oxygens (including phenoxy) is 4. The van der Waals surface area contributed by atoms with E-state index >= 15 is 0 Å². The fraction of sp³-hybridized carbons (Fsp3) is 0.565. The molecule has 32 heavy (non-hydrogen) atoms. The lowest BCUT2D eigenvalue weighted by Crippen LogP contribution is -2.42. The minimum atomic E-state index is -0.301. The third kappa shape index (κ3) is 5.85. The average molecular weight is 445 g/mol. The van der Waals surface area contributed by atoms with Crippen LogP contribution in [-0.2, 0) is 9.47 Å². The van der Waals surface area contributed by atoms with Crippen molar-refractivity contribution in [3.05, 3.63) is 35.9 Å². The zero-order valence-electron chi connectivity index (χ0n) is 19.4. The van der Waals surface area contributed by atoms with E-state index in [2.05, 4.69) is 15.0 Å². The van der Waals surface area contributed by atoms with Crippen LogP contribution in [-0.4, -0.2) is 64.5 Å². The Hall–Kier alpha value is -2.94. The highest BCUT2D eigenvalue weighted by atomic mass is 16.6. The summed E-state index contributed by atoms with van der Waals surface area (Å²) in [5, 5.41) is 0. The third-order valence-electron chi connectivity index (χ3n) is 5.58. The van der Waals surface area contributed by atoms with E-state index in [0.29, 0.717) is 36.1 Å². The largest absolute Gasteiger partial charge is 0.474 e. The summed E-state index contributed by atoms with van der Waals surface area (Å²) in [6, 6.07) is 3.83. The van der Waals surface area contributed by atoms with Crippen LogP contribution in [0.4, 0.5) is 4.79 Å². The molecule has 2 unspecified atom stereocenters. The fourth-order valence-electron chi connectivity index (χ4n) is 3.86. The Morgan fingerprint density at radius 1 is 1.19 bits per heavy atom. The van der Waals surface area contributed by atoms with Gasteiger partial charge in [0.1, 0.15) is 12.9 Å². The molecule has 0 radical (unpaired) electrons. The summed E-state index contributed by atoms with van der Waals surface area (Å²) in [6.07, 6.45) is 5.19. The lowest BCUT2D eigenvalue weighted by atomic mass is 10.1. The van der Waals surface area contributed by atoms with Gasteiger partial charge in [-0.2, -0.15) is 0 Å². The molecule has 0 spiro atoms. The van der Waals surface area contributed by atoms with Gasteiger partial charge in [0.15, 0.2) is 5.75 Å². The van der Waals surface area contributed by atoms with Crippen molar-refractivity contribution in [3.63, 3.8) is 0 Å². The Balaban J connectivity index is 1.63. The molecule has 0 bridgehead atoms. The molecule has 0 aliphatic carbocycles. The number of methoxy groups -OCH3 is 1. The molecule has 2 aromatic rings. The highest BCUT2D eigenvalue weighted by Gasteiger charge is 2.36. The molecule has 174 valence electrons. The zero-order chi connectivity index (χ0) is 23.1. The first-order valence-corrected chi connectivity index (χ1v) is 10.9. The maximum Gasteiger partial charge on any atom is 0.410 e. The van der Waals surface area contributed by atoms with Crippen molar-refractivity contribution in [2.24, 2.45) is 0 Å². The van der Waals surface area contributed by atoms with Crippen molar-refractivity contribution in [1.29, 1.82) is 0 Å². The van der Waals surface area contributed by atoms with E-state index in [1.165, 1.54) is 6.33 Å². The maximum atomic E-state index is 12.5. The topological polar surface area (TPSA) is 95.9 Å². The van der Waals surface area contributed by atoms with Gasteiger partial charge in [-0.3, -0.25) is 4.98 Å². The Labute approximate surface area is 189 Å². The molecule has 1 aliphatic heterocycles. The molecule has 2 aromatic heterocycles. The summed E-state index contributed by atoms with van der Waals surface area (Å²) in [5.41, 5.74) is 1.48. The second-order valence-electron chi connectivity index (χ2n) is 8.06. The van der Waals surface area contributed by atoms with Crippen LogP contribution in [0.1, 0.15) is 44.4 Å². The Morgan fingerprint density at radius 2 is 1.97 bits per heavy atom. The number of likely N-dealkylation sites (tertiary alicyclic amines) is 1. The SMILES string of the molecule is COCCOC(=O)N1C(C)CCC1C[C@H](C)Oc1ncnc(Oc2cccnc2C)c1C. The molecule has 3 atom stereocenters. The predicted octanol–water partition coefficient (Wildman–Crippen LogP) is 4.07. The number of hydrogen-bond acceptors (Lipinski definition) is 8. The van der Waals surface area contributed by atoms with Crippen LogP contribution >= 0.6 is 0 Å². The van der Waals surface area contributed by atoms with Gasteiger partial charge in [-0.1, -0.05) is 0 Å². The van der Waals surface area contributed by atoms with Gasteiger partial charge in [-0.05, 0) is 52.7 Å². The Morgan fingerprint density at radius 3 is 2.72 bits per heavy atom. The van der Waals surface area contributed by atoms with Crippen LogP contribution in [0.5, 0.6) is 17.5 Å². The van der Waals surface area contributed by atoms with Crippen LogP contribution in [0.15, 0.2) is 24.7 Å². The highest BCUT2D eigenvalue weighted by molar-refractivity contribution is 5.68. The Bertz CT molecular complexity index is 910. The summed E-state index contributed by atoms with van der Waals surface area (Å²) in [6.45, 7) is 8.39. The van der Waals surface area contributed by atoms with Gasteiger partial charge in [0.05, 0.1) is 24.0 Å². The van der Waals surface area contributed by atoms with Crippen molar-refractivity contribution >= 4 is 6.09 Å². The minimum Gasteiger partial charge on any atom is -0.474 e. The van der Waals surface area contributed by atoms with Crippen molar-refractivity contribution in [2.75, 3.05) is 20.3 Å². The smallest absolute Gasteiger partial charge is 0.410 e. The number of carbonyl (C=O) groups is 1. The van der Waals surface area contributed by atoms with E-state index in [1.807, 2.05) is 44.7 Å². The second-order valence-corrected chi connectivity index (χ2v) is 8.06. The average Bonchev–Trinajstić information content (AvgIpc) is 3.12. The molecule has 9 nitrogen and oxygen atoms in total. The molecule has 3 rings (SSSR count). The molecule has 1 aliphatic rings. The first-order chi connectivity index (χ1) is 15.4. The van der Waals surface area contributed by atoms with Crippen LogP contribution in [0.3, 0.4) is 0 Å². The van der Waals surface area contributed by atoms with Gasteiger partial charge in [-0.15, -0.1) is 0 Å². The normalized spacial score (nSPS) is 19.0. The first-order valence-electron chi connectivity index (χ1n) is 10.9. The minimum absolute atomic E-state index is 0.0472. The molecule has 1 saturated heterocycles. The number of aromatic nitrogens is 3. The molecule has 1 amide bonds. The molecular formula is C23H32N4O5. The molecule has 9 heteroatoms. The van der Waals surface area contributed by atoms with Gasteiger partial charge >= 0.3 is 6.09 Å². The lowest BCUT2D eigenvalue weighted by Gasteiger charge is -2.29. The number of aryl methyl sites for hydroxylation is 1. The number of nitrogens with zero attached hydrogens (tertiary/aromatic N) is 4. The number of pyridine rings is 1. The second kappa shape index (κ2) is 11.1. The summed E-state index contributed by atoms with van der Waals surface area (Å²) >= 11 is 0. The summed E-state index contributed by atoms with van der Waals surface area (Å²) in [5.74, 6) is 1.52. The van der Waals surface area contributed by atoms with Crippen molar-refractivity contribution in [3.8, 4) is 17.5 Å². The van der Waals surface area contributed by atoms with Crippen molar-refractivity contribution in [2.45, 2.75) is 65.1 Å². The van der Waals surface area contributed by atoms with E-state index in [4.69, 9.17) is 18.9 Å². The molecule has 0 N–H and O–H groups in total. The van der Waals surface area contributed by atoms with Gasteiger partial charge in [-0.25, -0.2) is 14.8 Å². The van der Waals surface area contributed by atoms with Gasteiger partial charge in [0.2, 0.25) is 11.8 Å². The molecule has 1 fully saturated rings. The van der Waals surface area contributed by atoms with Crippen LogP contribution < -0.4 is 9.47 Å². The first kappa shape index (κ1) is 23.7. The van der Waals surface area contributed by atoms with Gasteiger partial charge in [0.25, 0.3) is 0 Å².